The summed E-state index contributed by atoms with van der Waals surface area (Å²) < 4.78 is 5.52. The van der Waals surface area contributed by atoms with Crippen LogP contribution in [0, 0.1) is 0 Å². The van der Waals surface area contributed by atoms with Gasteiger partial charge in [0.15, 0.2) is 0 Å². The number of benzene rings is 1. The summed E-state index contributed by atoms with van der Waals surface area (Å²) in [5.74, 6) is 0.318. The van der Waals surface area contributed by atoms with Crippen molar-refractivity contribution in [3.63, 3.8) is 0 Å². The predicted molar refractivity (Wildman–Crippen MR) is 88.9 cm³/mol. The lowest BCUT2D eigenvalue weighted by Gasteiger charge is -2.05. The molecule has 1 amide bonds. The van der Waals surface area contributed by atoms with E-state index in [1.165, 1.54) is 0 Å². The molecule has 5 nitrogen and oxygen atoms in total. The number of amides is 1. The average molecular weight is 319 g/mol. The molecule has 0 saturated heterocycles. The lowest BCUT2D eigenvalue weighted by molar-refractivity contribution is -0.116. The van der Waals surface area contributed by atoms with E-state index in [0.29, 0.717) is 17.6 Å². The van der Waals surface area contributed by atoms with Crippen LogP contribution in [0.3, 0.4) is 0 Å². The van der Waals surface area contributed by atoms with Crippen LogP contribution in [0.4, 0.5) is 6.01 Å². The molecule has 0 aliphatic heterocycles. The SMILES string of the molecule is CCCCC(=O)Nc1nnc(-c2cccc(SC(C)C)c2)o1. The minimum atomic E-state index is -0.0961. The maximum Gasteiger partial charge on any atom is 0.322 e. The Bertz CT molecular complexity index is 625. The van der Waals surface area contributed by atoms with Crippen LogP contribution in [0.15, 0.2) is 33.6 Å². The van der Waals surface area contributed by atoms with Crippen molar-refractivity contribution >= 4 is 23.7 Å². The number of carbonyl (C=O) groups excluding carboxylic acids is 1. The molecule has 2 aromatic rings. The van der Waals surface area contributed by atoms with Crippen molar-refractivity contribution in [1.82, 2.24) is 10.2 Å². The molecule has 0 aliphatic rings. The molecule has 0 bridgehead atoms. The van der Waals surface area contributed by atoms with Crippen molar-refractivity contribution in [2.45, 2.75) is 50.2 Å². The van der Waals surface area contributed by atoms with Gasteiger partial charge in [-0.2, -0.15) is 0 Å². The smallest absolute Gasteiger partial charge is 0.322 e. The summed E-state index contributed by atoms with van der Waals surface area (Å²) in [5.41, 5.74) is 0.854. The van der Waals surface area contributed by atoms with E-state index < -0.39 is 0 Å². The third kappa shape index (κ3) is 4.87. The van der Waals surface area contributed by atoms with Gasteiger partial charge in [0, 0.05) is 22.1 Å². The standard InChI is InChI=1S/C16H21N3O2S/c1-4-5-9-14(20)17-16-19-18-15(21-16)12-7-6-8-13(10-12)22-11(2)3/h6-8,10-11H,4-5,9H2,1-3H3,(H,17,19,20). The first-order valence-electron chi connectivity index (χ1n) is 7.49. The average Bonchev–Trinajstić information content (AvgIpc) is 2.93. The Morgan fingerprint density at radius 3 is 2.91 bits per heavy atom. The van der Waals surface area contributed by atoms with Gasteiger partial charge in [-0.1, -0.05) is 38.4 Å². The maximum absolute atomic E-state index is 11.7. The van der Waals surface area contributed by atoms with Crippen molar-refractivity contribution in [1.29, 1.82) is 0 Å². The summed E-state index contributed by atoms with van der Waals surface area (Å²) >= 11 is 1.77. The van der Waals surface area contributed by atoms with Crippen LogP contribution in [0.1, 0.15) is 40.0 Å². The van der Waals surface area contributed by atoms with Gasteiger partial charge in [-0.05, 0) is 24.6 Å². The van der Waals surface area contributed by atoms with E-state index in [-0.39, 0.29) is 11.9 Å². The number of rotatable bonds is 7. The van der Waals surface area contributed by atoms with Crippen molar-refractivity contribution in [3.8, 4) is 11.5 Å². The fourth-order valence-electron chi connectivity index (χ4n) is 1.88. The van der Waals surface area contributed by atoms with Crippen molar-refractivity contribution in [3.05, 3.63) is 24.3 Å². The number of nitrogens with zero attached hydrogens (tertiary/aromatic N) is 2. The molecule has 0 fully saturated rings. The van der Waals surface area contributed by atoms with Crippen LogP contribution >= 0.6 is 11.8 Å². The van der Waals surface area contributed by atoms with E-state index in [0.717, 1.165) is 23.3 Å². The minimum absolute atomic E-state index is 0.0961. The number of carbonyl (C=O) groups is 1. The van der Waals surface area contributed by atoms with E-state index >= 15 is 0 Å². The zero-order valence-corrected chi connectivity index (χ0v) is 13.9. The number of anilines is 1. The second-order valence-corrected chi connectivity index (χ2v) is 6.91. The maximum atomic E-state index is 11.7. The molecule has 1 N–H and O–H groups in total. The number of hydrogen-bond donors (Lipinski definition) is 1. The number of unbranched alkanes of at least 4 members (excludes halogenated alkanes) is 1. The van der Waals surface area contributed by atoms with Crippen molar-refractivity contribution in [2.75, 3.05) is 5.32 Å². The van der Waals surface area contributed by atoms with Gasteiger partial charge >= 0.3 is 6.01 Å². The number of hydrogen-bond acceptors (Lipinski definition) is 5. The van der Waals surface area contributed by atoms with Crippen molar-refractivity contribution < 1.29 is 9.21 Å². The van der Waals surface area contributed by atoms with Gasteiger partial charge in [0.1, 0.15) is 0 Å². The molecule has 0 radical (unpaired) electrons. The van der Waals surface area contributed by atoms with E-state index in [2.05, 4.69) is 35.4 Å². The van der Waals surface area contributed by atoms with Gasteiger partial charge in [0.2, 0.25) is 11.8 Å². The first-order valence-corrected chi connectivity index (χ1v) is 8.37. The van der Waals surface area contributed by atoms with Crippen LogP contribution in [-0.4, -0.2) is 21.4 Å². The Morgan fingerprint density at radius 1 is 1.36 bits per heavy atom. The molecule has 0 saturated carbocycles. The van der Waals surface area contributed by atoms with Crippen LogP contribution in [0.2, 0.25) is 0 Å². The van der Waals surface area contributed by atoms with Crippen LogP contribution in [-0.2, 0) is 4.79 Å². The second-order valence-electron chi connectivity index (χ2n) is 5.26. The van der Waals surface area contributed by atoms with E-state index in [1.807, 2.05) is 25.1 Å². The Kier molecular flexibility index (Phi) is 6.00. The molecule has 6 heteroatoms. The minimum Gasteiger partial charge on any atom is -0.403 e. The topological polar surface area (TPSA) is 68.0 Å². The van der Waals surface area contributed by atoms with Gasteiger partial charge in [-0.3, -0.25) is 10.1 Å². The zero-order valence-electron chi connectivity index (χ0n) is 13.1. The van der Waals surface area contributed by atoms with Crippen LogP contribution in [0.5, 0.6) is 0 Å². The molecular weight excluding hydrogens is 298 g/mol. The molecule has 0 unspecified atom stereocenters. The molecule has 1 heterocycles. The zero-order chi connectivity index (χ0) is 15.9. The summed E-state index contributed by atoms with van der Waals surface area (Å²) in [6.07, 6.45) is 2.29. The third-order valence-electron chi connectivity index (χ3n) is 2.88. The summed E-state index contributed by atoms with van der Waals surface area (Å²) in [6, 6.07) is 8.10. The quantitative estimate of drug-likeness (QED) is 0.768. The number of aromatic nitrogens is 2. The number of thioether (sulfide) groups is 1. The third-order valence-corrected chi connectivity index (χ3v) is 3.88. The lowest BCUT2D eigenvalue weighted by atomic mass is 10.2. The van der Waals surface area contributed by atoms with Gasteiger partial charge in [-0.25, -0.2) is 0 Å². The highest BCUT2D eigenvalue weighted by Gasteiger charge is 2.11. The molecule has 118 valence electrons. The summed E-state index contributed by atoms with van der Waals surface area (Å²) in [7, 11) is 0. The van der Waals surface area contributed by atoms with Crippen LogP contribution < -0.4 is 5.32 Å². The predicted octanol–water partition coefficient (Wildman–Crippen LogP) is 4.37. The molecular formula is C16H21N3O2S. The molecule has 0 spiro atoms. The molecule has 1 aromatic heterocycles. The van der Waals surface area contributed by atoms with Crippen molar-refractivity contribution in [2.24, 2.45) is 0 Å². The first kappa shape index (κ1) is 16.5. The molecule has 0 aliphatic carbocycles. The van der Waals surface area contributed by atoms with E-state index in [4.69, 9.17) is 4.42 Å². The Morgan fingerprint density at radius 2 is 2.18 bits per heavy atom. The fraction of sp³-hybridized carbons (Fsp3) is 0.438. The number of nitrogens with one attached hydrogen (secondary N) is 1. The highest BCUT2D eigenvalue weighted by atomic mass is 32.2. The van der Waals surface area contributed by atoms with Crippen LogP contribution in [0.25, 0.3) is 11.5 Å². The molecule has 2 rings (SSSR count). The molecule has 1 aromatic carbocycles. The first-order chi connectivity index (χ1) is 10.6. The molecule has 22 heavy (non-hydrogen) atoms. The van der Waals surface area contributed by atoms with Gasteiger partial charge in [-0.15, -0.1) is 16.9 Å². The Labute approximate surface area is 134 Å². The van der Waals surface area contributed by atoms with E-state index in [1.54, 1.807) is 11.8 Å². The normalized spacial score (nSPS) is 10.9. The van der Waals surface area contributed by atoms with Gasteiger partial charge in [0.25, 0.3) is 0 Å². The molecule has 0 atom stereocenters. The summed E-state index contributed by atoms with van der Waals surface area (Å²) in [6.45, 7) is 6.34. The largest absolute Gasteiger partial charge is 0.403 e. The second kappa shape index (κ2) is 7.98. The Hall–Kier alpha value is -1.82. The summed E-state index contributed by atoms with van der Waals surface area (Å²) in [5, 5.41) is 11.0. The monoisotopic (exact) mass is 319 g/mol. The Balaban J connectivity index is 2.06. The van der Waals surface area contributed by atoms with Gasteiger partial charge < -0.3 is 4.42 Å². The van der Waals surface area contributed by atoms with E-state index in [9.17, 15) is 4.79 Å². The lowest BCUT2D eigenvalue weighted by Crippen LogP contribution is -2.11. The summed E-state index contributed by atoms with van der Waals surface area (Å²) in [4.78, 5) is 12.8. The van der Waals surface area contributed by atoms with Gasteiger partial charge in [0.05, 0.1) is 0 Å². The highest BCUT2D eigenvalue weighted by Crippen LogP contribution is 2.28. The fourth-order valence-corrected chi connectivity index (χ4v) is 2.78. The highest BCUT2D eigenvalue weighted by molar-refractivity contribution is 7.99.